The smallest absolute Gasteiger partial charge is 0.269 e. The van der Waals surface area contributed by atoms with E-state index in [9.17, 15) is 19.2 Å². The minimum Gasteiger partial charge on any atom is -0.493 e. The fraction of sp³-hybridized carbons (Fsp3) is 0.500. The van der Waals surface area contributed by atoms with Crippen molar-refractivity contribution in [1.29, 1.82) is 0 Å². The average Bonchev–Trinajstić information content (AvgIpc) is 2.81. The fourth-order valence-corrected chi connectivity index (χ4v) is 3.18. The summed E-state index contributed by atoms with van der Waals surface area (Å²) in [7, 11) is 4.27. The molecule has 1 aliphatic heterocycles. The molecule has 1 saturated heterocycles. The van der Waals surface area contributed by atoms with Crippen molar-refractivity contribution in [3.63, 3.8) is 0 Å². The highest BCUT2D eigenvalue weighted by molar-refractivity contribution is 5.96. The Balaban J connectivity index is 1.77. The van der Waals surface area contributed by atoms with Crippen LogP contribution in [0.25, 0.3) is 0 Å². The van der Waals surface area contributed by atoms with Gasteiger partial charge in [-0.15, -0.1) is 0 Å². The molecule has 1 aromatic carbocycles. The second-order valence-electron chi connectivity index (χ2n) is 6.97. The van der Waals surface area contributed by atoms with Crippen molar-refractivity contribution in [2.24, 2.45) is 11.7 Å². The number of amides is 4. The molecule has 176 valence electrons. The number of carbonyl (C=O) groups is 4. The maximum Gasteiger partial charge on any atom is 0.269 e. The van der Waals surface area contributed by atoms with E-state index in [1.165, 1.54) is 33.5 Å². The summed E-state index contributed by atoms with van der Waals surface area (Å²) < 4.78 is 20.7. The van der Waals surface area contributed by atoms with Gasteiger partial charge in [-0.1, -0.05) is 0 Å². The third-order valence-electron chi connectivity index (χ3n) is 4.95. The third kappa shape index (κ3) is 6.48. The van der Waals surface area contributed by atoms with Crippen molar-refractivity contribution in [2.45, 2.75) is 12.8 Å². The summed E-state index contributed by atoms with van der Waals surface area (Å²) in [6.07, 6.45) is 1.02. The Morgan fingerprint density at radius 3 is 2.06 bits per heavy atom. The van der Waals surface area contributed by atoms with E-state index in [4.69, 9.17) is 24.7 Å². The number of rotatable bonds is 9. The Morgan fingerprint density at radius 2 is 1.56 bits per heavy atom. The second-order valence-corrected chi connectivity index (χ2v) is 6.97. The summed E-state index contributed by atoms with van der Waals surface area (Å²) in [5.74, 6) is -1.25. The lowest BCUT2D eigenvalue weighted by Crippen LogP contribution is -2.45. The SMILES string of the molecule is COc1cc(C(=O)NNC(=O)COCC(=O)N2CCC(C(N)=O)CC2)cc(OC)c1OC. The maximum absolute atomic E-state index is 12.3. The summed E-state index contributed by atoms with van der Waals surface area (Å²) in [4.78, 5) is 49.1. The van der Waals surface area contributed by atoms with Gasteiger partial charge in [-0.05, 0) is 25.0 Å². The second kappa shape index (κ2) is 11.7. The predicted molar refractivity (Wildman–Crippen MR) is 111 cm³/mol. The van der Waals surface area contributed by atoms with Gasteiger partial charge in [-0.3, -0.25) is 30.0 Å². The first-order chi connectivity index (χ1) is 15.3. The zero-order chi connectivity index (χ0) is 23.7. The Bertz CT molecular complexity index is 827. The standard InChI is InChI=1S/C20H28N4O8/c1-29-14-8-13(9-15(30-2)18(14)31-3)20(28)23-22-16(25)10-32-11-17(26)24-6-4-12(5-7-24)19(21)27/h8-9,12H,4-7,10-11H2,1-3H3,(H2,21,27)(H,22,25)(H,23,28). The monoisotopic (exact) mass is 452 g/mol. The van der Waals surface area contributed by atoms with Gasteiger partial charge in [0.2, 0.25) is 17.6 Å². The highest BCUT2D eigenvalue weighted by atomic mass is 16.5. The quantitative estimate of drug-likeness (QED) is 0.411. The van der Waals surface area contributed by atoms with Gasteiger partial charge in [-0.25, -0.2) is 0 Å². The van der Waals surface area contributed by atoms with Gasteiger partial charge in [-0.2, -0.15) is 0 Å². The van der Waals surface area contributed by atoms with E-state index in [2.05, 4.69) is 10.9 Å². The first-order valence-electron chi connectivity index (χ1n) is 9.84. The molecule has 4 amide bonds. The molecule has 32 heavy (non-hydrogen) atoms. The Labute approximate surface area is 185 Å². The molecule has 4 N–H and O–H groups in total. The minimum atomic E-state index is -0.647. The molecule has 12 nitrogen and oxygen atoms in total. The molecule has 2 rings (SSSR count). The largest absolute Gasteiger partial charge is 0.493 e. The number of likely N-dealkylation sites (tertiary alicyclic amines) is 1. The molecular weight excluding hydrogens is 424 g/mol. The van der Waals surface area contributed by atoms with Crippen LogP contribution in [0, 0.1) is 5.92 Å². The average molecular weight is 452 g/mol. The molecule has 0 unspecified atom stereocenters. The zero-order valence-corrected chi connectivity index (χ0v) is 18.3. The van der Waals surface area contributed by atoms with Crippen LogP contribution in [-0.4, -0.2) is 76.2 Å². The van der Waals surface area contributed by atoms with Crippen molar-refractivity contribution in [3.8, 4) is 17.2 Å². The Morgan fingerprint density at radius 1 is 0.969 bits per heavy atom. The molecule has 0 bridgehead atoms. The number of nitrogens with zero attached hydrogens (tertiary/aromatic N) is 1. The van der Waals surface area contributed by atoms with Gasteiger partial charge in [0, 0.05) is 24.6 Å². The summed E-state index contributed by atoms with van der Waals surface area (Å²) in [6.45, 7) is 0.0915. The van der Waals surface area contributed by atoms with Crippen LogP contribution >= 0.6 is 0 Å². The first-order valence-corrected chi connectivity index (χ1v) is 9.84. The van der Waals surface area contributed by atoms with E-state index >= 15 is 0 Å². The van der Waals surface area contributed by atoms with Gasteiger partial charge in [0.15, 0.2) is 11.5 Å². The van der Waals surface area contributed by atoms with Crippen LogP contribution in [0.2, 0.25) is 0 Å². The number of hydrogen-bond acceptors (Lipinski definition) is 8. The molecule has 0 spiro atoms. The van der Waals surface area contributed by atoms with E-state index in [1.54, 1.807) is 4.90 Å². The van der Waals surface area contributed by atoms with Crippen molar-refractivity contribution < 1.29 is 38.1 Å². The van der Waals surface area contributed by atoms with Crippen LogP contribution in [0.15, 0.2) is 12.1 Å². The molecule has 0 atom stereocenters. The summed E-state index contributed by atoms with van der Waals surface area (Å²) in [5.41, 5.74) is 9.88. The molecule has 0 aliphatic carbocycles. The van der Waals surface area contributed by atoms with E-state index < -0.39 is 18.4 Å². The normalized spacial score (nSPS) is 13.8. The molecule has 12 heteroatoms. The Kier molecular flexibility index (Phi) is 9.08. The van der Waals surface area contributed by atoms with Crippen LogP contribution in [0.1, 0.15) is 23.2 Å². The molecule has 0 aromatic heterocycles. The van der Waals surface area contributed by atoms with E-state index in [1.807, 2.05) is 0 Å². The predicted octanol–water partition coefficient (Wildman–Crippen LogP) is -0.786. The number of piperidine rings is 1. The van der Waals surface area contributed by atoms with Gasteiger partial charge >= 0.3 is 0 Å². The number of nitrogens with two attached hydrogens (primary N) is 1. The lowest BCUT2D eigenvalue weighted by molar-refractivity contribution is -0.141. The highest BCUT2D eigenvalue weighted by Gasteiger charge is 2.26. The van der Waals surface area contributed by atoms with Crippen LogP contribution in [0.5, 0.6) is 17.2 Å². The minimum absolute atomic E-state index is 0.162. The number of carbonyl (C=O) groups excluding carboxylic acids is 4. The van der Waals surface area contributed by atoms with Crippen LogP contribution < -0.4 is 30.8 Å². The van der Waals surface area contributed by atoms with E-state index in [0.29, 0.717) is 31.7 Å². The van der Waals surface area contributed by atoms with Crippen molar-refractivity contribution >= 4 is 23.6 Å². The fourth-order valence-electron chi connectivity index (χ4n) is 3.18. The van der Waals surface area contributed by atoms with E-state index in [0.717, 1.165) is 0 Å². The molecule has 1 fully saturated rings. The molecule has 1 aliphatic rings. The third-order valence-corrected chi connectivity index (χ3v) is 4.95. The first kappa shape index (κ1) is 24.7. The van der Waals surface area contributed by atoms with Crippen LogP contribution in [0.4, 0.5) is 0 Å². The van der Waals surface area contributed by atoms with Gasteiger partial charge in [0.05, 0.1) is 21.3 Å². The van der Waals surface area contributed by atoms with Crippen LogP contribution in [-0.2, 0) is 19.1 Å². The zero-order valence-electron chi connectivity index (χ0n) is 18.3. The number of ether oxygens (including phenoxy) is 4. The topological polar surface area (TPSA) is 159 Å². The van der Waals surface area contributed by atoms with Gasteiger partial charge in [0.1, 0.15) is 13.2 Å². The molecule has 1 heterocycles. The van der Waals surface area contributed by atoms with Gasteiger partial charge < -0.3 is 29.6 Å². The summed E-state index contributed by atoms with van der Waals surface area (Å²) in [6, 6.07) is 2.86. The van der Waals surface area contributed by atoms with Crippen LogP contribution in [0.3, 0.4) is 0 Å². The number of methoxy groups -OCH3 is 3. The van der Waals surface area contributed by atoms with Crippen molar-refractivity contribution in [3.05, 3.63) is 17.7 Å². The summed E-state index contributed by atoms with van der Waals surface area (Å²) in [5, 5.41) is 0. The molecular formula is C20H28N4O8. The highest BCUT2D eigenvalue weighted by Crippen LogP contribution is 2.38. The molecule has 0 saturated carbocycles. The van der Waals surface area contributed by atoms with E-state index in [-0.39, 0.29) is 41.4 Å². The molecule has 1 aromatic rings. The lowest BCUT2D eigenvalue weighted by atomic mass is 9.96. The number of hydrogen-bond donors (Lipinski definition) is 3. The van der Waals surface area contributed by atoms with Crippen molar-refractivity contribution in [2.75, 3.05) is 47.6 Å². The maximum atomic E-state index is 12.3. The van der Waals surface area contributed by atoms with Crippen molar-refractivity contribution in [1.82, 2.24) is 15.8 Å². The molecule has 0 radical (unpaired) electrons. The number of primary amides is 1. The summed E-state index contributed by atoms with van der Waals surface area (Å²) >= 11 is 0. The lowest BCUT2D eigenvalue weighted by Gasteiger charge is -2.30. The number of nitrogens with one attached hydrogen (secondary N) is 2. The van der Waals surface area contributed by atoms with Gasteiger partial charge in [0.25, 0.3) is 11.8 Å². The Hall–Kier alpha value is -3.54. The number of benzene rings is 1. The number of hydrazine groups is 1.